The molecular weight excluding hydrogens is 462 g/mol. The average molecular weight is 481 g/mol. The summed E-state index contributed by atoms with van der Waals surface area (Å²) in [4.78, 5) is 28.0. The second-order valence-electron chi connectivity index (χ2n) is 7.43. The van der Waals surface area contributed by atoms with E-state index in [2.05, 4.69) is 30.5 Å². The van der Waals surface area contributed by atoms with Crippen molar-refractivity contribution in [3.8, 4) is 22.2 Å². The van der Waals surface area contributed by atoms with E-state index in [1.54, 1.807) is 11.3 Å². The average Bonchev–Trinajstić information content (AvgIpc) is 3.26. The maximum absolute atomic E-state index is 13.6. The van der Waals surface area contributed by atoms with E-state index in [-0.39, 0.29) is 17.4 Å². The monoisotopic (exact) mass is 480 g/mol. The van der Waals surface area contributed by atoms with Crippen LogP contribution in [-0.4, -0.2) is 34.1 Å². The summed E-state index contributed by atoms with van der Waals surface area (Å²) >= 11 is 1.66. The Hall–Kier alpha value is -4.12. The molecule has 34 heavy (non-hydrogen) atoms. The van der Waals surface area contributed by atoms with Crippen LogP contribution in [0, 0.1) is 11.6 Å². The first-order valence-corrected chi connectivity index (χ1v) is 11.2. The van der Waals surface area contributed by atoms with Gasteiger partial charge in [-0.3, -0.25) is 0 Å². The van der Waals surface area contributed by atoms with Gasteiger partial charge < -0.3 is 20.3 Å². The highest BCUT2D eigenvalue weighted by Gasteiger charge is 2.18. The molecule has 0 atom stereocenters. The molecule has 0 aliphatic carbocycles. The molecule has 1 aliphatic heterocycles. The number of ether oxygens (including phenoxy) is 1. The van der Waals surface area contributed by atoms with Crippen LogP contribution in [0.25, 0.3) is 10.4 Å². The van der Waals surface area contributed by atoms with Crippen molar-refractivity contribution in [1.29, 1.82) is 0 Å². The summed E-state index contributed by atoms with van der Waals surface area (Å²) < 4.78 is 32.5. The Labute approximate surface area is 197 Å². The summed E-state index contributed by atoms with van der Waals surface area (Å²) in [5.74, 6) is -0.871. The molecule has 0 radical (unpaired) electrons. The summed E-state index contributed by atoms with van der Waals surface area (Å²) in [6, 6.07) is 9.60. The summed E-state index contributed by atoms with van der Waals surface area (Å²) in [6.07, 6.45) is 5.77. The van der Waals surface area contributed by atoms with Gasteiger partial charge in [0.25, 0.3) is 0 Å². The van der Waals surface area contributed by atoms with Gasteiger partial charge >= 0.3 is 12.0 Å². The molecule has 1 fully saturated rings. The van der Waals surface area contributed by atoms with Gasteiger partial charge in [0, 0.05) is 25.4 Å². The third kappa shape index (κ3) is 4.94. The topological polar surface area (TPSA) is 92.3 Å². The molecule has 2 aromatic heterocycles. The largest absolute Gasteiger partial charge is 0.424 e. The van der Waals surface area contributed by atoms with Crippen molar-refractivity contribution < 1.29 is 18.3 Å². The molecule has 2 N–H and O–H groups in total. The molecule has 0 saturated carbocycles. The standard InChI is InChI=1S/C23H18F2N6O2S/c24-15-4-7-18(25)19(10-15)30-21(32)29-16-11-26-22(27-12-16)33-17-5-2-14(3-6-17)20-13-28-23(34-20)31-8-1-9-31/h2-7,10-13H,1,8-9H2,(H2,29,30,32). The lowest BCUT2D eigenvalue weighted by atomic mass is 10.2. The molecule has 4 aromatic rings. The number of hydrogen-bond acceptors (Lipinski definition) is 7. The van der Waals surface area contributed by atoms with E-state index in [1.165, 1.54) is 18.8 Å². The predicted molar refractivity (Wildman–Crippen MR) is 125 cm³/mol. The minimum absolute atomic E-state index is 0.0905. The van der Waals surface area contributed by atoms with Gasteiger partial charge in [-0.05, 0) is 48.4 Å². The number of nitrogens with zero attached hydrogens (tertiary/aromatic N) is 4. The van der Waals surface area contributed by atoms with E-state index in [1.807, 2.05) is 30.5 Å². The van der Waals surface area contributed by atoms with E-state index >= 15 is 0 Å². The maximum Gasteiger partial charge on any atom is 0.323 e. The maximum atomic E-state index is 13.6. The van der Waals surface area contributed by atoms with Crippen LogP contribution in [-0.2, 0) is 0 Å². The number of anilines is 3. The number of carbonyl (C=O) groups is 1. The molecule has 3 heterocycles. The lowest BCUT2D eigenvalue weighted by Gasteiger charge is -2.30. The van der Waals surface area contributed by atoms with E-state index in [4.69, 9.17) is 4.74 Å². The van der Waals surface area contributed by atoms with Crippen molar-refractivity contribution in [3.63, 3.8) is 0 Å². The Kier molecular flexibility index (Phi) is 6.00. The number of nitrogens with one attached hydrogen (secondary N) is 2. The number of benzene rings is 2. The SMILES string of the molecule is O=C(Nc1cnc(Oc2ccc(-c3cnc(N4CCC4)s3)cc2)nc1)Nc1cc(F)ccc1F. The summed E-state index contributed by atoms with van der Waals surface area (Å²) in [5, 5.41) is 5.71. The van der Waals surface area contributed by atoms with E-state index in [9.17, 15) is 13.6 Å². The van der Waals surface area contributed by atoms with Crippen molar-refractivity contribution >= 4 is 33.9 Å². The molecule has 172 valence electrons. The van der Waals surface area contributed by atoms with Crippen LogP contribution in [0.15, 0.2) is 61.1 Å². The molecule has 1 aliphatic rings. The molecule has 8 nitrogen and oxygen atoms in total. The third-order valence-corrected chi connectivity index (χ3v) is 6.14. The molecule has 2 amide bonds. The first-order chi connectivity index (χ1) is 16.5. The third-order valence-electron chi connectivity index (χ3n) is 5.03. The molecule has 2 aromatic carbocycles. The summed E-state index contributed by atoms with van der Waals surface area (Å²) in [7, 11) is 0. The summed E-state index contributed by atoms with van der Waals surface area (Å²) in [6.45, 7) is 2.12. The van der Waals surface area contributed by atoms with Gasteiger partial charge in [-0.15, -0.1) is 0 Å². The van der Waals surface area contributed by atoms with Crippen LogP contribution in [0.3, 0.4) is 0 Å². The fourth-order valence-corrected chi connectivity index (χ4v) is 4.13. The zero-order valence-corrected chi connectivity index (χ0v) is 18.5. The van der Waals surface area contributed by atoms with E-state index < -0.39 is 17.7 Å². The normalized spacial score (nSPS) is 12.7. The molecule has 1 saturated heterocycles. The Morgan fingerprint density at radius 2 is 1.74 bits per heavy atom. The first-order valence-electron chi connectivity index (χ1n) is 10.4. The fraction of sp³-hybridized carbons (Fsp3) is 0.130. The molecule has 11 heteroatoms. The number of thiazole rings is 1. The van der Waals surface area contributed by atoms with Crippen molar-refractivity contribution in [1.82, 2.24) is 15.0 Å². The van der Waals surface area contributed by atoms with Crippen LogP contribution in [0.5, 0.6) is 11.8 Å². The van der Waals surface area contributed by atoms with Crippen molar-refractivity contribution in [3.05, 3.63) is 72.7 Å². The minimum Gasteiger partial charge on any atom is -0.424 e. The number of urea groups is 1. The van der Waals surface area contributed by atoms with Crippen molar-refractivity contribution in [2.45, 2.75) is 6.42 Å². The Bertz CT molecular complexity index is 1310. The minimum atomic E-state index is -0.766. The Morgan fingerprint density at radius 3 is 2.44 bits per heavy atom. The number of halogens is 2. The Balaban J connectivity index is 1.17. The number of carbonyl (C=O) groups excluding carboxylic acids is 1. The number of hydrogen-bond donors (Lipinski definition) is 2. The van der Waals surface area contributed by atoms with Crippen LogP contribution in [0.4, 0.5) is 30.1 Å². The fourth-order valence-electron chi connectivity index (χ4n) is 3.16. The highest BCUT2D eigenvalue weighted by atomic mass is 32.1. The van der Waals surface area contributed by atoms with Crippen LogP contribution in [0.1, 0.15) is 6.42 Å². The van der Waals surface area contributed by atoms with Gasteiger partial charge in [0.2, 0.25) is 0 Å². The van der Waals surface area contributed by atoms with Gasteiger partial charge in [0.05, 0.1) is 28.6 Å². The summed E-state index contributed by atoms with van der Waals surface area (Å²) in [5.41, 5.74) is 1.01. The second-order valence-corrected chi connectivity index (χ2v) is 8.44. The molecule has 5 rings (SSSR count). The number of rotatable bonds is 6. The van der Waals surface area contributed by atoms with Crippen LogP contribution in [0.2, 0.25) is 0 Å². The quantitative estimate of drug-likeness (QED) is 0.377. The van der Waals surface area contributed by atoms with E-state index in [0.29, 0.717) is 5.75 Å². The number of aromatic nitrogens is 3. The predicted octanol–water partition coefficient (Wildman–Crippen LogP) is 5.52. The lowest BCUT2D eigenvalue weighted by molar-refractivity contribution is 0.262. The van der Waals surface area contributed by atoms with Gasteiger partial charge in [-0.25, -0.2) is 28.5 Å². The molecule has 0 bridgehead atoms. The van der Waals surface area contributed by atoms with Crippen LogP contribution >= 0.6 is 11.3 Å². The molecule has 0 unspecified atom stereocenters. The second kappa shape index (κ2) is 9.40. The van der Waals surface area contributed by atoms with Crippen molar-refractivity contribution in [2.75, 3.05) is 28.6 Å². The van der Waals surface area contributed by atoms with Crippen molar-refractivity contribution in [2.24, 2.45) is 0 Å². The van der Waals surface area contributed by atoms with Gasteiger partial charge in [0.15, 0.2) is 5.13 Å². The highest BCUT2D eigenvalue weighted by molar-refractivity contribution is 7.18. The lowest BCUT2D eigenvalue weighted by Crippen LogP contribution is -2.36. The van der Waals surface area contributed by atoms with Gasteiger partial charge in [-0.2, -0.15) is 0 Å². The van der Waals surface area contributed by atoms with Crippen LogP contribution < -0.4 is 20.3 Å². The molecular formula is C23H18F2N6O2S. The number of amides is 2. The Morgan fingerprint density at radius 1 is 0.971 bits per heavy atom. The zero-order chi connectivity index (χ0) is 23.5. The first kappa shape index (κ1) is 21.7. The molecule has 0 spiro atoms. The van der Waals surface area contributed by atoms with Gasteiger partial charge in [-0.1, -0.05) is 11.3 Å². The van der Waals surface area contributed by atoms with Gasteiger partial charge in [0.1, 0.15) is 17.4 Å². The highest BCUT2D eigenvalue weighted by Crippen LogP contribution is 2.34. The zero-order valence-electron chi connectivity index (χ0n) is 17.7. The van der Waals surface area contributed by atoms with E-state index in [0.717, 1.165) is 46.9 Å². The smallest absolute Gasteiger partial charge is 0.323 e.